The number of anilines is 1. The Labute approximate surface area is 258 Å². The Morgan fingerprint density at radius 2 is 1.87 bits per heavy atom. The highest BCUT2D eigenvalue weighted by molar-refractivity contribution is 6.07. The number of halogens is 3. The van der Waals surface area contributed by atoms with Crippen molar-refractivity contribution < 1.29 is 27.4 Å². The number of aryl methyl sites for hydroxylation is 1. The number of alkyl halides is 3. The van der Waals surface area contributed by atoms with E-state index in [1.54, 1.807) is 12.3 Å². The Balaban J connectivity index is 1.32. The molecule has 3 aliphatic heterocycles. The lowest BCUT2D eigenvalue weighted by atomic mass is 9.65. The fourth-order valence-electron chi connectivity index (χ4n) is 7.48. The maximum absolute atomic E-state index is 13.8. The third kappa shape index (κ3) is 4.89. The minimum atomic E-state index is -4.57. The van der Waals surface area contributed by atoms with E-state index in [1.807, 2.05) is 25.1 Å². The van der Waals surface area contributed by atoms with Crippen LogP contribution in [0, 0.1) is 17.8 Å². The van der Waals surface area contributed by atoms with Gasteiger partial charge in [-0.3, -0.25) is 5.10 Å². The van der Waals surface area contributed by atoms with Crippen molar-refractivity contribution in [3.63, 3.8) is 0 Å². The fraction of sp³-hybridized carbons (Fsp3) is 0.485. The number of aromatic nitrogens is 4. The summed E-state index contributed by atoms with van der Waals surface area (Å²) < 4.78 is 58.9. The van der Waals surface area contributed by atoms with Crippen LogP contribution >= 0.6 is 0 Å². The predicted molar refractivity (Wildman–Crippen MR) is 165 cm³/mol. The molecule has 2 aromatic heterocycles. The molecule has 0 amide bonds. The van der Waals surface area contributed by atoms with Gasteiger partial charge in [0.1, 0.15) is 17.4 Å². The van der Waals surface area contributed by atoms with Crippen molar-refractivity contribution in [2.24, 2.45) is 10.8 Å². The number of H-pyrrole nitrogens is 1. The highest BCUT2D eigenvalue weighted by Gasteiger charge is 2.51. The van der Waals surface area contributed by atoms with Gasteiger partial charge in [-0.1, -0.05) is 18.7 Å². The van der Waals surface area contributed by atoms with E-state index in [0.29, 0.717) is 33.3 Å². The van der Waals surface area contributed by atoms with Crippen LogP contribution in [0.1, 0.15) is 36.8 Å². The van der Waals surface area contributed by atoms with E-state index < -0.39 is 12.8 Å². The Hall–Kier alpha value is -3.90. The highest BCUT2D eigenvalue weighted by Crippen LogP contribution is 2.50. The van der Waals surface area contributed by atoms with Crippen molar-refractivity contribution in [2.75, 3.05) is 50.9 Å². The van der Waals surface area contributed by atoms with E-state index >= 15 is 0 Å². The molecule has 0 bridgehead atoms. The second-order valence-corrected chi connectivity index (χ2v) is 13.3. The van der Waals surface area contributed by atoms with E-state index in [2.05, 4.69) is 27.0 Å². The molecule has 0 unspecified atom stereocenters. The lowest BCUT2D eigenvalue weighted by Crippen LogP contribution is -2.58. The molecule has 12 heteroatoms. The number of nitrogens with one attached hydrogen (secondary N) is 2. The van der Waals surface area contributed by atoms with Crippen LogP contribution in [0.3, 0.4) is 0 Å². The molecule has 4 aliphatic rings. The molecule has 4 fully saturated rings. The van der Waals surface area contributed by atoms with E-state index in [0.717, 1.165) is 81.5 Å². The number of nitrogens with zero attached hydrogens (tertiary/aromatic N) is 4. The average Bonchev–Trinajstić information content (AvgIpc) is 3.44. The van der Waals surface area contributed by atoms with E-state index in [4.69, 9.17) is 24.2 Å². The van der Waals surface area contributed by atoms with Crippen LogP contribution in [0.5, 0.6) is 11.8 Å². The zero-order chi connectivity index (χ0) is 31.0. The van der Waals surface area contributed by atoms with Crippen LogP contribution in [0.4, 0.5) is 19.0 Å². The Morgan fingerprint density at radius 1 is 1.09 bits per heavy atom. The second-order valence-electron chi connectivity index (χ2n) is 13.3. The van der Waals surface area contributed by atoms with Crippen molar-refractivity contribution in [3.05, 3.63) is 42.1 Å². The molecule has 2 aromatic carbocycles. The van der Waals surface area contributed by atoms with E-state index in [1.165, 1.54) is 0 Å². The first kappa shape index (κ1) is 28.6. The highest BCUT2D eigenvalue weighted by atomic mass is 19.4. The molecule has 0 atom stereocenters. The first-order valence-electron chi connectivity index (χ1n) is 15.5. The minimum Gasteiger partial charge on any atom is -0.481 e. The number of hydrogen-bond donors (Lipinski definition) is 2. The van der Waals surface area contributed by atoms with Crippen LogP contribution in [-0.2, 0) is 4.74 Å². The summed E-state index contributed by atoms with van der Waals surface area (Å²) in [6.07, 6.45) is 2.35. The van der Waals surface area contributed by atoms with Gasteiger partial charge in [0.25, 0.3) is 0 Å². The lowest BCUT2D eigenvalue weighted by molar-refractivity contribution is -0.192. The molecular formula is C33H35F3N6O3. The smallest absolute Gasteiger partial charge is 0.422 e. The van der Waals surface area contributed by atoms with E-state index in [9.17, 15) is 13.2 Å². The summed E-state index contributed by atoms with van der Waals surface area (Å²) in [6, 6.07) is 5.89. The predicted octanol–water partition coefficient (Wildman–Crippen LogP) is 5.81. The van der Waals surface area contributed by atoms with Crippen LogP contribution in [0.2, 0.25) is 0 Å². The maximum Gasteiger partial charge on any atom is 0.422 e. The summed E-state index contributed by atoms with van der Waals surface area (Å²) in [5, 5.41) is 12.0. The van der Waals surface area contributed by atoms with Crippen LogP contribution in [-0.4, -0.2) is 78.4 Å². The number of benzene rings is 2. The molecule has 2 N–H and O–H groups in total. The van der Waals surface area contributed by atoms with Crippen molar-refractivity contribution in [1.29, 1.82) is 0 Å². The number of piperidine rings is 1. The van der Waals surface area contributed by atoms with Crippen molar-refractivity contribution >= 4 is 33.7 Å². The molecule has 1 aliphatic carbocycles. The number of ether oxygens (including phenoxy) is 3. The van der Waals surface area contributed by atoms with E-state index in [-0.39, 0.29) is 28.8 Å². The van der Waals surface area contributed by atoms with Gasteiger partial charge in [0, 0.05) is 47.9 Å². The maximum atomic E-state index is 13.8. The minimum absolute atomic E-state index is 0.0270. The Kier molecular flexibility index (Phi) is 6.55. The van der Waals surface area contributed by atoms with Gasteiger partial charge in [-0.25, -0.2) is 0 Å². The second kappa shape index (κ2) is 10.3. The zero-order valence-electron chi connectivity index (χ0n) is 25.1. The van der Waals surface area contributed by atoms with Gasteiger partial charge < -0.3 is 24.4 Å². The molecule has 0 radical (unpaired) electrons. The third-order valence-electron chi connectivity index (χ3n) is 10.2. The normalized spacial score (nSPS) is 20.7. The van der Waals surface area contributed by atoms with Gasteiger partial charge in [0.2, 0.25) is 0 Å². The summed E-state index contributed by atoms with van der Waals surface area (Å²) in [5.41, 5.74) is 4.17. The molecule has 8 rings (SSSR count). The van der Waals surface area contributed by atoms with Crippen LogP contribution in [0.25, 0.3) is 39.0 Å². The largest absolute Gasteiger partial charge is 0.481 e. The molecule has 236 valence electrons. The lowest BCUT2D eigenvalue weighted by Gasteiger charge is -2.52. The molecule has 5 heterocycles. The molecular weight excluding hydrogens is 585 g/mol. The number of hydrogen-bond acceptors (Lipinski definition) is 8. The molecule has 3 saturated heterocycles. The number of rotatable bonds is 7. The molecule has 9 nitrogen and oxygen atoms in total. The quantitative estimate of drug-likeness (QED) is 0.267. The summed E-state index contributed by atoms with van der Waals surface area (Å²) in [7, 11) is 0. The SMILES string of the molecule is C=Cc1cc2c(N3CCC4(CC3)CNC4)nc(OC3CC4(COC4)C3)nc2c(OCC(F)(F)F)c1-c1c(C)ccc2[nH]ncc12. The van der Waals surface area contributed by atoms with Gasteiger partial charge in [0.15, 0.2) is 12.4 Å². The average molecular weight is 621 g/mol. The molecule has 4 aromatic rings. The standard InChI is InChI=1S/C33H35F3N6O3/c1-3-20-10-22-27(28(44-18-33(34,35)36)26(20)25-19(2)4-5-24-23(25)13-38-41-24)39-30(45-21-11-32(12-21)16-43-17-32)40-29(22)42-8-6-31(7-9-42)14-37-15-31/h3-5,10,13,21,37H,1,6-9,11-12,14-18H2,2H3,(H,38,41). The van der Waals surface area contributed by atoms with Crippen LogP contribution in [0.15, 0.2) is 31.0 Å². The topological polar surface area (TPSA) is 97.4 Å². The Morgan fingerprint density at radius 3 is 2.51 bits per heavy atom. The van der Waals surface area contributed by atoms with Gasteiger partial charge in [-0.15, -0.1) is 0 Å². The fourth-order valence-corrected chi connectivity index (χ4v) is 7.48. The summed E-state index contributed by atoms with van der Waals surface area (Å²) >= 11 is 0. The molecule has 45 heavy (non-hydrogen) atoms. The summed E-state index contributed by atoms with van der Waals surface area (Å²) in [5.74, 6) is 0.669. The zero-order valence-corrected chi connectivity index (χ0v) is 25.1. The Bertz CT molecular complexity index is 1800. The summed E-state index contributed by atoms with van der Waals surface area (Å²) in [6.45, 7) is 9.50. The van der Waals surface area contributed by atoms with Crippen molar-refractivity contribution in [2.45, 2.75) is 44.9 Å². The van der Waals surface area contributed by atoms with Crippen LogP contribution < -0.4 is 19.7 Å². The molecule has 1 saturated carbocycles. The first-order chi connectivity index (χ1) is 21.6. The van der Waals surface area contributed by atoms with Gasteiger partial charge >= 0.3 is 12.2 Å². The number of fused-ring (bicyclic) bond motifs is 2. The van der Waals surface area contributed by atoms with Gasteiger partial charge in [-0.05, 0) is 66.8 Å². The number of aromatic amines is 1. The van der Waals surface area contributed by atoms with Gasteiger partial charge in [-0.2, -0.15) is 28.2 Å². The molecule has 2 spiro atoms. The third-order valence-corrected chi connectivity index (χ3v) is 10.2. The van der Waals surface area contributed by atoms with Crippen molar-refractivity contribution in [3.8, 4) is 22.9 Å². The first-order valence-corrected chi connectivity index (χ1v) is 15.5. The van der Waals surface area contributed by atoms with Gasteiger partial charge in [0.05, 0.1) is 24.9 Å². The monoisotopic (exact) mass is 620 g/mol. The van der Waals surface area contributed by atoms with Crippen molar-refractivity contribution in [1.82, 2.24) is 25.5 Å². The summed E-state index contributed by atoms with van der Waals surface area (Å²) in [4.78, 5) is 12.0.